The number of carbonyl (C=O) groups is 2. The van der Waals surface area contributed by atoms with Gasteiger partial charge in [-0.25, -0.2) is 9.67 Å². The zero-order valence-corrected chi connectivity index (χ0v) is 18.0. The minimum atomic E-state index is -0.456. The second-order valence-electron chi connectivity index (χ2n) is 7.24. The lowest BCUT2D eigenvalue weighted by Gasteiger charge is -2.06. The Morgan fingerprint density at radius 2 is 1.94 bits per heavy atom. The molecular weight excluding hydrogens is 412 g/mol. The zero-order valence-electron chi connectivity index (χ0n) is 17.2. The Hall–Kier alpha value is -3.72. The van der Waals surface area contributed by atoms with Crippen molar-refractivity contribution in [3.05, 3.63) is 70.5 Å². The number of fused-ring (bicyclic) bond motifs is 1. The minimum absolute atomic E-state index is 0.211. The summed E-state index contributed by atoms with van der Waals surface area (Å²) in [4.78, 5) is 30.2. The number of hydrogen-bond donors (Lipinski definition) is 3. The molecule has 0 radical (unpaired) electrons. The molecule has 3 aromatic heterocycles. The molecule has 0 fully saturated rings. The van der Waals surface area contributed by atoms with Gasteiger partial charge >= 0.3 is 0 Å². The molecule has 31 heavy (non-hydrogen) atoms. The number of hydrogen-bond acceptors (Lipinski definition) is 6. The number of carbonyl (C=O) groups excluding carboxylic acids is 2. The van der Waals surface area contributed by atoms with Crippen molar-refractivity contribution >= 4 is 39.1 Å². The predicted octanol–water partition coefficient (Wildman–Crippen LogP) is 3.07. The number of rotatable bonds is 5. The summed E-state index contributed by atoms with van der Waals surface area (Å²) >= 11 is 1.21. The van der Waals surface area contributed by atoms with Gasteiger partial charge in [0.25, 0.3) is 5.91 Å². The summed E-state index contributed by atoms with van der Waals surface area (Å²) in [6, 6.07) is 11.7. The molecule has 0 bridgehead atoms. The molecule has 9 heteroatoms. The van der Waals surface area contributed by atoms with Gasteiger partial charge in [0.15, 0.2) is 0 Å². The molecule has 0 saturated heterocycles. The van der Waals surface area contributed by atoms with Crippen LogP contribution in [0.5, 0.6) is 0 Å². The van der Waals surface area contributed by atoms with Crippen LogP contribution in [0.2, 0.25) is 0 Å². The van der Waals surface area contributed by atoms with Crippen LogP contribution in [-0.4, -0.2) is 26.6 Å². The van der Waals surface area contributed by atoms with Crippen LogP contribution < -0.4 is 16.6 Å². The first-order valence-electron chi connectivity index (χ1n) is 9.76. The van der Waals surface area contributed by atoms with Crippen LogP contribution in [0, 0.1) is 13.8 Å². The number of para-hydroxylation sites is 1. The van der Waals surface area contributed by atoms with Gasteiger partial charge in [0.2, 0.25) is 5.91 Å². The van der Waals surface area contributed by atoms with Crippen LogP contribution in [0.3, 0.4) is 0 Å². The molecule has 4 rings (SSSR count). The van der Waals surface area contributed by atoms with Crippen LogP contribution in [0.15, 0.2) is 48.8 Å². The number of nitrogen functional groups attached to an aromatic ring is 1. The number of nitrogens with one attached hydrogen (secondary N) is 2. The van der Waals surface area contributed by atoms with Crippen molar-refractivity contribution in [2.75, 3.05) is 5.73 Å². The van der Waals surface area contributed by atoms with Crippen LogP contribution in [-0.2, 0) is 11.2 Å². The molecule has 0 saturated carbocycles. The van der Waals surface area contributed by atoms with Crippen molar-refractivity contribution in [2.24, 2.45) is 0 Å². The molecule has 158 valence electrons. The Kier molecular flexibility index (Phi) is 5.68. The summed E-state index contributed by atoms with van der Waals surface area (Å²) < 4.78 is 1.76. The van der Waals surface area contributed by atoms with Crippen molar-refractivity contribution < 1.29 is 9.59 Å². The van der Waals surface area contributed by atoms with E-state index in [4.69, 9.17) is 5.73 Å². The van der Waals surface area contributed by atoms with E-state index in [1.165, 1.54) is 11.3 Å². The number of pyridine rings is 1. The average Bonchev–Trinajstić information content (AvgIpc) is 3.36. The van der Waals surface area contributed by atoms with E-state index < -0.39 is 5.91 Å². The van der Waals surface area contributed by atoms with Crippen molar-refractivity contribution in [1.82, 2.24) is 25.6 Å². The van der Waals surface area contributed by atoms with Crippen molar-refractivity contribution in [3.63, 3.8) is 0 Å². The lowest BCUT2D eigenvalue weighted by atomic mass is 10.1. The monoisotopic (exact) mass is 434 g/mol. The molecule has 2 amide bonds. The highest BCUT2D eigenvalue weighted by atomic mass is 32.1. The number of hydrazine groups is 1. The first-order chi connectivity index (χ1) is 14.9. The standard InChI is InChI=1S/C22H22N6O2S/c1-13-10-14(2)25-22-18(13)19(23)20(31-22)21(30)27-26-17(29)9-8-15-11-24-28(12-15)16-6-4-3-5-7-16/h3-7,10-12H,8-9,23H2,1-2H3,(H,26,29)(H,27,30). The van der Waals surface area contributed by atoms with Gasteiger partial charge in [-0.15, -0.1) is 11.3 Å². The smallest absolute Gasteiger partial charge is 0.281 e. The van der Waals surface area contributed by atoms with Gasteiger partial charge < -0.3 is 5.73 Å². The number of thiophene rings is 1. The van der Waals surface area contributed by atoms with Crippen LogP contribution in [0.25, 0.3) is 15.9 Å². The SMILES string of the molecule is Cc1cc(C)c2c(N)c(C(=O)NNC(=O)CCc3cnn(-c4ccccc4)c3)sc2n1. The van der Waals surface area contributed by atoms with Crippen molar-refractivity contribution in [1.29, 1.82) is 0 Å². The number of aromatic nitrogens is 3. The summed E-state index contributed by atoms with van der Waals surface area (Å²) in [5.74, 6) is -0.756. The molecule has 0 aliphatic carbocycles. The first kappa shape index (κ1) is 20.5. The number of benzene rings is 1. The van der Waals surface area contributed by atoms with E-state index in [1.807, 2.05) is 56.4 Å². The van der Waals surface area contributed by atoms with Crippen molar-refractivity contribution in [3.8, 4) is 5.69 Å². The molecule has 0 spiro atoms. The fraction of sp³-hybridized carbons (Fsp3) is 0.182. The third kappa shape index (κ3) is 4.41. The summed E-state index contributed by atoms with van der Waals surface area (Å²) in [5.41, 5.74) is 15.2. The van der Waals surface area contributed by atoms with E-state index in [2.05, 4.69) is 20.9 Å². The molecule has 0 aliphatic heterocycles. The molecule has 0 aliphatic rings. The third-order valence-electron chi connectivity index (χ3n) is 4.84. The molecule has 4 N–H and O–H groups in total. The molecule has 0 unspecified atom stereocenters. The lowest BCUT2D eigenvalue weighted by Crippen LogP contribution is -2.41. The highest BCUT2D eigenvalue weighted by molar-refractivity contribution is 7.21. The highest BCUT2D eigenvalue weighted by Crippen LogP contribution is 2.34. The number of amides is 2. The number of aryl methyl sites for hydroxylation is 3. The topological polar surface area (TPSA) is 115 Å². The van der Waals surface area contributed by atoms with E-state index in [9.17, 15) is 9.59 Å². The maximum absolute atomic E-state index is 12.5. The van der Waals surface area contributed by atoms with E-state index in [0.29, 0.717) is 21.8 Å². The summed E-state index contributed by atoms with van der Waals surface area (Å²) in [6.07, 6.45) is 4.33. The Morgan fingerprint density at radius 1 is 1.16 bits per heavy atom. The van der Waals surface area contributed by atoms with Gasteiger partial charge in [0.1, 0.15) is 9.71 Å². The van der Waals surface area contributed by atoms with Crippen LogP contribution in [0.1, 0.15) is 32.9 Å². The first-order valence-corrected chi connectivity index (χ1v) is 10.6. The third-order valence-corrected chi connectivity index (χ3v) is 5.94. The maximum Gasteiger partial charge on any atom is 0.281 e. The molecule has 3 heterocycles. The molecule has 0 atom stereocenters. The predicted molar refractivity (Wildman–Crippen MR) is 121 cm³/mol. The molecule has 4 aromatic rings. The van der Waals surface area contributed by atoms with Crippen LogP contribution in [0.4, 0.5) is 5.69 Å². The summed E-state index contributed by atoms with van der Waals surface area (Å²) in [5, 5.41) is 5.10. The Bertz CT molecular complexity index is 1260. The number of nitrogens with two attached hydrogens (primary N) is 1. The van der Waals surface area contributed by atoms with Crippen molar-refractivity contribution in [2.45, 2.75) is 26.7 Å². The maximum atomic E-state index is 12.5. The van der Waals surface area contributed by atoms with Gasteiger partial charge in [-0.3, -0.25) is 20.4 Å². The normalized spacial score (nSPS) is 10.9. The van der Waals surface area contributed by atoms with Gasteiger partial charge in [-0.2, -0.15) is 5.10 Å². The zero-order chi connectivity index (χ0) is 22.0. The van der Waals surface area contributed by atoms with Gasteiger partial charge in [0, 0.05) is 23.7 Å². The Balaban J connectivity index is 1.34. The van der Waals surface area contributed by atoms with Gasteiger partial charge in [-0.1, -0.05) is 18.2 Å². The fourth-order valence-corrected chi connectivity index (χ4v) is 4.46. The van der Waals surface area contributed by atoms with E-state index in [1.54, 1.807) is 10.9 Å². The second-order valence-corrected chi connectivity index (χ2v) is 8.24. The Morgan fingerprint density at radius 3 is 2.71 bits per heavy atom. The van der Waals surface area contributed by atoms with E-state index >= 15 is 0 Å². The summed E-state index contributed by atoms with van der Waals surface area (Å²) in [6.45, 7) is 3.83. The largest absolute Gasteiger partial charge is 0.397 e. The fourth-order valence-electron chi connectivity index (χ4n) is 3.35. The lowest BCUT2D eigenvalue weighted by molar-refractivity contribution is -0.121. The number of anilines is 1. The second kappa shape index (κ2) is 8.57. The molecule has 8 nitrogen and oxygen atoms in total. The Labute approximate surface area is 183 Å². The highest BCUT2D eigenvalue weighted by Gasteiger charge is 2.19. The average molecular weight is 435 g/mol. The molecule has 1 aromatic carbocycles. The molecular formula is C22H22N6O2S. The van der Waals surface area contributed by atoms with Crippen LogP contribution >= 0.6 is 11.3 Å². The number of nitrogens with zero attached hydrogens (tertiary/aromatic N) is 3. The van der Waals surface area contributed by atoms with Gasteiger partial charge in [-0.05, 0) is 49.6 Å². The van der Waals surface area contributed by atoms with Gasteiger partial charge in [0.05, 0.1) is 17.6 Å². The summed E-state index contributed by atoms with van der Waals surface area (Å²) in [7, 11) is 0. The minimum Gasteiger partial charge on any atom is -0.397 e. The quantitative estimate of drug-likeness (QED) is 0.418. The van der Waals surface area contributed by atoms with E-state index in [-0.39, 0.29) is 12.3 Å². The van der Waals surface area contributed by atoms with E-state index in [0.717, 1.165) is 27.9 Å².